The van der Waals surface area contributed by atoms with Crippen molar-refractivity contribution in [1.29, 1.82) is 0 Å². The molecule has 0 fully saturated rings. The van der Waals surface area contributed by atoms with E-state index in [4.69, 9.17) is 9.52 Å². The molecule has 2 rings (SSSR count). The molecular formula is C12H11NO3. The lowest BCUT2D eigenvalue weighted by Gasteiger charge is -1.96. The summed E-state index contributed by atoms with van der Waals surface area (Å²) in [6.45, 7) is 0.491. The second-order valence-electron chi connectivity index (χ2n) is 3.32. The van der Waals surface area contributed by atoms with Gasteiger partial charge in [0.1, 0.15) is 5.75 Å². The number of nitrogens with zero attached hydrogens (tertiary/aromatic N) is 1. The molecule has 1 aromatic carbocycles. The molecule has 82 valence electrons. The second-order valence-corrected chi connectivity index (χ2v) is 3.32. The molecule has 0 saturated carbocycles. The van der Waals surface area contributed by atoms with Gasteiger partial charge in [0.2, 0.25) is 0 Å². The zero-order chi connectivity index (χ0) is 11.4. The molecule has 16 heavy (non-hydrogen) atoms. The lowest BCUT2D eigenvalue weighted by atomic mass is 10.2. The van der Waals surface area contributed by atoms with Crippen LogP contribution in [0.15, 0.2) is 46.0 Å². The van der Waals surface area contributed by atoms with Crippen LogP contribution in [0, 0.1) is 0 Å². The number of rotatable bonds is 3. The molecule has 2 aromatic rings. The van der Waals surface area contributed by atoms with Gasteiger partial charge < -0.3 is 14.6 Å². The smallest absolute Gasteiger partial charge is 0.290 e. The van der Waals surface area contributed by atoms with E-state index in [2.05, 4.69) is 4.99 Å². The van der Waals surface area contributed by atoms with Crippen molar-refractivity contribution >= 4 is 6.21 Å². The number of aromatic hydroxyl groups is 2. The van der Waals surface area contributed by atoms with Gasteiger partial charge in [-0.25, -0.2) is 0 Å². The summed E-state index contributed by atoms with van der Waals surface area (Å²) in [6.07, 6.45) is 2.95. The fourth-order valence-corrected chi connectivity index (χ4v) is 1.26. The summed E-state index contributed by atoms with van der Waals surface area (Å²) in [7, 11) is 0. The monoisotopic (exact) mass is 217 g/mol. The number of benzene rings is 1. The van der Waals surface area contributed by atoms with E-state index in [1.54, 1.807) is 36.5 Å². The van der Waals surface area contributed by atoms with Crippen molar-refractivity contribution in [2.24, 2.45) is 4.99 Å². The molecule has 0 aliphatic heterocycles. The van der Waals surface area contributed by atoms with E-state index in [0.29, 0.717) is 12.1 Å². The molecule has 4 heteroatoms. The summed E-state index contributed by atoms with van der Waals surface area (Å²) in [5.41, 5.74) is 1.54. The standard InChI is InChI=1S/C12H11NO3/c14-11-3-1-9(2-4-11)7-13-8-10-5-6-16-12(10)15/h1-6,8,14-15H,7H2. The van der Waals surface area contributed by atoms with Crippen molar-refractivity contribution in [3.8, 4) is 11.7 Å². The van der Waals surface area contributed by atoms with E-state index >= 15 is 0 Å². The van der Waals surface area contributed by atoms with Gasteiger partial charge in [-0.3, -0.25) is 4.99 Å². The topological polar surface area (TPSA) is 66.0 Å². The molecule has 1 aromatic heterocycles. The Bertz CT molecular complexity index is 485. The SMILES string of the molecule is Oc1ccc(CN=Cc2ccoc2O)cc1. The fraction of sp³-hybridized carbons (Fsp3) is 0.0833. The number of aliphatic imine (C=N–C) groups is 1. The van der Waals surface area contributed by atoms with Gasteiger partial charge in [0.15, 0.2) is 0 Å². The Morgan fingerprint density at radius 3 is 2.50 bits per heavy atom. The molecule has 2 N–H and O–H groups in total. The molecule has 1 heterocycles. The minimum atomic E-state index is -0.130. The molecule has 0 bridgehead atoms. The molecule has 0 unspecified atom stereocenters. The predicted octanol–water partition coefficient (Wildman–Crippen LogP) is 2.31. The highest BCUT2D eigenvalue weighted by molar-refractivity contribution is 5.81. The van der Waals surface area contributed by atoms with E-state index in [0.717, 1.165) is 5.56 Å². The third-order valence-electron chi connectivity index (χ3n) is 2.11. The summed E-state index contributed by atoms with van der Waals surface area (Å²) in [5, 5.41) is 18.3. The Hall–Kier alpha value is -2.23. The van der Waals surface area contributed by atoms with Crippen LogP contribution in [0.5, 0.6) is 11.7 Å². The lowest BCUT2D eigenvalue weighted by molar-refractivity contribution is 0.332. The van der Waals surface area contributed by atoms with E-state index < -0.39 is 0 Å². The van der Waals surface area contributed by atoms with Crippen LogP contribution in [0.25, 0.3) is 0 Å². The molecule has 0 aliphatic rings. The van der Waals surface area contributed by atoms with E-state index in [-0.39, 0.29) is 11.7 Å². The quantitative estimate of drug-likeness (QED) is 0.775. The Kier molecular flexibility index (Phi) is 2.91. The Morgan fingerprint density at radius 1 is 1.12 bits per heavy atom. The fourth-order valence-electron chi connectivity index (χ4n) is 1.26. The van der Waals surface area contributed by atoms with Crippen LogP contribution in [0.1, 0.15) is 11.1 Å². The van der Waals surface area contributed by atoms with Crippen LogP contribution in [-0.4, -0.2) is 16.4 Å². The van der Waals surface area contributed by atoms with Crippen LogP contribution < -0.4 is 0 Å². The predicted molar refractivity (Wildman–Crippen MR) is 59.8 cm³/mol. The van der Waals surface area contributed by atoms with Crippen molar-refractivity contribution < 1.29 is 14.6 Å². The number of phenolic OH excluding ortho intramolecular Hbond substituents is 1. The summed E-state index contributed by atoms with van der Waals surface area (Å²) in [5.74, 6) is 0.106. The van der Waals surface area contributed by atoms with Gasteiger partial charge >= 0.3 is 0 Å². The molecule has 0 aliphatic carbocycles. The van der Waals surface area contributed by atoms with Crippen LogP contribution in [0.3, 0.4) is 0 Å². The first-order valence-corrected chi connectivity index (χ1v) is 4.80. The Morgan fingerprint density at radius 2 is 1.88 bits per heavy atom. The minimum absolute atomic E-state index is 0.130. The molecule has 0 radical (unpaired) electrons. The average molecular weight is 217 g/mol. The maximum Gasteiger partial charge on any atom is 0.290 e. The summed E-state index contributed by atoms with van der Waals surface area (Å²) < 4.78 is 4.71. The van der Waals surface area contributed by atoms with Crippen molar-refractivity contribution in [1.82, 2.24) is 0 Å². The molecule has 0 amide bonds. The third-order valence-corrected chi connectivity index (χ3v) is 2.11. The van der Waals surface area contributed by atoms with Crippen molar-refractivity contribution in [2.45, 2.75) is 6.54 Å². The van der Waals surface area contributed by atoms with Crippen LogP contribution >= 0.6 is 0 Å². The zero-order valence-corrected chi connectivity index (χ0v) is 8.50. The number of furan rings is 1. The van der Waals surface area contributed by atoms with Gasteiger partial charge in [-0.2, -0.15) is 0 Å². The molecule has 0 saturated heterocycles. The highest BCUT2D eigenvalue weighted by Gasteiger charge is 1.99. The van der Waals surface area contributed by atoms with Gasteiger partial charge in [-0.05, 0) is 23.8 Å². The Balaban J connectivity index is 2.00. The largest absolute Gasteiger partial charge is 0.508 e. The first kappa shape index (κ1) is 10.3. The molecular weight excluding hydrogens is 206 g/mol. The highest BCUT2D eigenvalue weighted by Crippen LogP contribution is 2.15. The molecule has 0 spiro atoms. The number of hydrogen-bond acceptors (Lipinski definition) is 4. The zero-order valence-electron chi connectivity index (χ0n) is 8.50. The normalized spacial score (nSPS) is 11.0. The first-order chi connectivity index (χ1) is 7.75. The van der Waals surface area contributed by atoms with E-state index in [1.807, 2.05) is 0 Å². The van der Waals surface area contributed by atoms with Crippen LogP contribution in [0.4, 0.5) is 0 Å². The maximum absolute atomic E-state index is 9.19. The lowest BCUT2D eigenvalue weighted by Crippen LogP contribution is -1.82. The third kappa shape index (κ3) is 2.42. The molecule has 4 nitrogen and oxygen atoms in total. The van der Waals surface area contributed by atoms with Crippen molar-refractivity contribution in [3.05, 3.63) is 47.7 Å². The van der Waals surface area contributed by atoms with Gasteiger partial charge in [-0.1, -0.05) is 12.1 Å². The van der Waals surface area contributed by atoms with E-state index in [9.17, 15) is 5.11 Å². The van der Waals surface area contributed by atoms with Crippen molar-refractivity contribution in [2.75, 3.05) is 0 Å². The average Bonchev–Trinajstić information content (AvgIpc) is 2.68. The maximum atomic E-state index is 9.19. The second kappa shape index (κ2) is 4.53. The summed E-state index contributed by atoms with van der Waals surface area (Å²) >= 11 is 0. The summed E-state index contributed by atoms with van der Waals surface area (Å²) in [6, 6.07) is 8.44. The number of hydrogen-bond donors (Lipinski definition) is 2. The van der Waals surface area contributed by atoms with Gasteiger partial charge in [0.05, 0.1) is 18.4 Å². The molecule has 0 atom stereocenters. The van der Waals surface area contributed by atoms with Gasteiger partial charge in [0, 0.05) is 6.21 Å². The Labute approximate surface area is 92.5 Å². The minimum Gasteiger partial charge on any atom is -0.508 e. The first-order valence-electron chi connectivity index (χ1n) is 4.80. The highest BCUT2D eigenvalue weighted by atomic mass is 16.5. The van der Waals surface area contributed by atoms with Gasteiger partial charge in [-0.15, -0.1) is 0 Å². The summed E-state index contributed by atoms with van der Waals surface area (Å²) in [4.78, 5) is 4.15. The number of phenols is 1. The van der Waals surface area contributed by atoms with Crippen molar-refractivity contribution in [3.63, 3.8) is 0 Å². The van der Waals surface area contributed by atoms with E-state index in [1.165, 1.54) is 6.26 Å². The van der Waals surface area contributed by atoms with Crippen LogP contribution in [0.2, 0.25) is 0 Å². The van der Waals surface area contributed by atoms with Crippen LogP contribution in [-0.2, 0) is 6.54 Å². The van der Waals surface area contributed by atoms with Gasteiger partial charge in [0.25, 0.3) is 5.95 Å².